The molecule has 1 aromatic carbocycles. The minimum atomic E-state index is -3.21. The van der Waals surface area contributed by atoms with Crippen molar-refractivity contribution >= 4 is 11.6 Å². The minimum absolute atomic E-state index is 0.0354. The molecule has 4 rings (SSSR count). The molecule has 1 aliphatic rings. The molecule has 12 heteroatoms. The van der Waals surface area contributed by atoms with Crippen LogP contribution in [0.5, 0.6) is 17.2 Å². The summed E-state index contributed by atoms with van der Waals surface area (Å²) in [6, 6.07) is 2.06. The predicted octanol–water partition coefficient (Wildman–Crippen LogP) is 3.69. The molecule has 0 aliphatic heterocycles. The summed E-state index contributed by atoms with van der Waals surface area (Å²) >= 11 is 0. The zero-order valence-corrected chi connectivity index (χ0v) is 20.4. The lowest BCUT2D eigenvalue weighted by Gasteiger charge is -2.27. The van der Waals surface area contributed by atoms with Crippen LogP contribution in [-0.4, -0.2) is 63.3 Å². The molecule has 3 aromatic rings. The van der Waals surface area contributed by atoms with Gasteiger partial charge in [-0.3, -0.25) is 4.79 Å². The Labute approximate surface area is 205 Å². The number of hydrogen-bond acceptors (Lipinski definition) is 7. The fraction of sp³-hybridized carbons (Fsp3) is 0.458. The highest BCUT2D eigenvalue weighted by Gasteiger charge is 2.40. The quantitative estimate of drug-likeness (QED) is 0.454. The Balaban J connectivity index is 1.76. The van der Waals surface area contributed by atoms with E-state index in [9.17, 15) is 23.1 Å². The van der Waals surface area contributed by atoms with Gasteiger partial charge in [0.15, 0.2) is 11.4 Å². The summed E-state index contributed by atoms with van der Waals surface area (Å²) in [7, 11) is 1.28. The second-order valence-electron chi connectivity index (χ2n) is 9.19. The number of amides is 1. The molecular formula is C24H27F3N4O5. The number of benzene rings is 1. The van der Waals surface area contributed by atoms with Gasteiger partial charge in [0.25, 0.3) is 5.91 Å². The Morgan fingerprint density at radius 1 is 1.25 bits per heavy atom. The van der Waals surface area contributed by atoms with Gasteiger partial charge in [0.1, 0.15) is 29.3 Å². The van der Waals surface area contributed by atoms with Gasteiger partial charge < -0.3 is 24.6 Å². The molecule has 1 unspecified atom stereocenters. The van der Waals surface area contributed by atoms with Gasteiger partial charge in [0, 0.05) is 12.0 Å². The first-order valence-corrected chi connectivity index (χ1v) is 11.2. The van der Waals surface area contributed by atoms with E-state index in [2.05, 4.69) is 20.1 Å². The van der Waals surface area contributed by atoms with Gasteiger partial charge in [-0.15, -0.1) is 0 Å². The van der Waals surface area contributed by atoms with Crippen LogP contribution in [-0.2, 0) is 0 Å². The number of rotatable bonds is 9. The summed E-state index contributed by atoms with van der Waals surface area (Å²) in [4.78, 5) is 17.3. The molecule has 2 N–H and O–H groups in total. The number of methoxy groups -OCH3 is 1. The third kappa shape index (κ3) is 5.18. The van der Waals surface area contributed by atoms with Crippen LogP contribution in [0.3, 0.4) is 0 Å². The summed E-state index contributed by atoms with van der Waals surface area (Å²) in [5, 5.41) is 16.9. The third-order valence-corrected chi connectivity index (χ3v) is 6.01. The summed E-state index contributed by atoms with van der Waals surface area (Å²) in [6.07, 6.45) is 1.52. The van der Waals surface area contributed by atoms with Crippen molar-refractivity contribution in [2.45, 2.75) is 64.6 Å². The van der Waals surface area contributed by atoms with Gasteiger partial charge in [-0.05, 0) is 45.4 Å². The molecule has 3 atom stereocenters. The molecule has 2 aromatic heterocycles. The van der Waals surface area contributed by atoms with Crippen molar-refractivity contribution in [3.05, 3.63) is 35.8 Å². The smallest absolute Gasteiger partial charge is 0.387 e. The standard InChI is InChI=1S/C24H27F3N4O5/c1-11-19(35-12(2)24(3,4)33)10-31-21(29-11)14(9-28-31)13-6-17(34-5)20(18(7-13)36-23(26)27)22(32)30-16-8-15(16)25/h6-7,9-10,12,15-16,23,33H,8H2,1-5H3,(H,30,32)/t12-,15-,16?/m0/s1. The number of carbonyl (C=O) groups excluding carboxylic acids is 1. The molecule has 9 nitrogen and oxygen atoms in total. The van der Waals surface area contributed by atoms with Gasteiger partial charge in [-0.1, -0.05) is 0 Å². The summed E-state index contributed by atoms with van der Waals surface area (Å²) in [5.74, 6) is -0.838. The van der Waals surface area contributed by atoms with Crippen LogP contribution < -0.4 is 19.5 Å². The van der Waals surface area contributed by atoms with Gasteiger partial charge >= 0.3 is 6.61 Å². The van der Waals surface area contributed by atoms with Crippen LogP contribution in [0.2, 0.25) is 0 Å². The van der Waals surface area contributed by atoms with E-state index in [1.807, 2.05) is 0 Å². The normalized spacial score (nSPS) is 18.3. The van der Waals surface area contributed by atoms with Gasteiger partial charge in [0.2, 0.25) is 0 Å². The molecule has 194 valence electrons. The van der Waals surface area contributed by atoms with E-state index in [1.165, 1.54) is 30.0 Å². The number of hydrogen-bond donors (Lipinski definition) is 2. The van der Waals surface area contributed by atoms with E-state index in [0.29, 0.717) is 28.2 Å². The van der Waals surface area contributed by atoms with Gasteiger partial charge in [-0.2, -0.15) is 13.9 Å². The predicted molar refractivity (Wildman–Crippen MR) is 123 cm³/mol. The monoisotopic (exact) mass is 508 g/mol. The molecule has 0 bridgehead atoms. The number of halogens is 3. The topological polar surface area (TPSA) is 107 Å². The molecule has 0 spiro atoms. The van der Waals surface area contributed by atoms with Crippen LogP contribution in [0.4, 0.5) is 13.2 Å². The lowest BCUT2D eigenvalue weighted by molar-refractivity contribution is -0.0502. The van der Waals surface area contributed by atoms with Crippen molar-refractivity contribution in [1.29, 1.82) is 0 Å². The van der Waals surface area contributed by atoms with Crippen molar-refractivity contribution < 1.29 is 37.3 Å². The largest absolute Gasteiger partial charge is 0.496 e. The number of fused-ring (bicyclic) bond motifs is 1. The number of aryl methyl sites for hydroxylation is 1. The lowest BCUT2D eigenvalue weighted by Crippen LogP contribution is -2.38. The molecule has 0 saturated heterocycles. The Bertz CT molecular complexity index is 1290. The van der Waals surface area contributed by atoms with Crippen LogP contribution >= 0.6 is 0 Å². The van der Waals surface area contributed by atoms with Crippen LogP contribution in [0, 0.1) is 6.92 Å². The minimum Gasteiger partial charge on any atom is -0.496 e. The summed E-state index contributed by atoms with van der Waals surface area (Å²) in [6.45, 7) is 3.49. The average molecular weight is 508 g/mol. The van der Waals surface area contributed by atoms with E-state index in [4.69, 9.17) is 9.47 Å². The first-order valence-electron chi connectivity index (χ1n) is 11.2. The van der Waals surface area contributed by atoms with Gasteiger partial charge in [-0.25, -0.2) is 13.9 Å². The Morgan fingerprint density at radius 3 is 2.50 bits per heavy atom. The first-order chi connectivity index (χ1) is 16.9. The van der Waals surface area contributed by atoms with Crippen molar-refractivity contribution in [2.24, 2.45) is 0 Å². The van der Waals surface area contributed by atoms with E-state index < -0.39 is 42.2 Å². The van der Waals surface area contributed by atoms with E-state index in [0.717, 1.165) is 0 Å². The van der Waals surface area contributed by atoms with Gasteiger partial charge in [0.05, 0.1) is 36.8 Å². The maximum absolute atomic E-state index is 13.3. The number of nitrogens with zero attached hydrogens (tertiary/aromatic N) is 3. The van der Waals surface area contributed by atoms with Crippen molar-refractivity contribution in [1.82, 2.24) is 19.9 Å². The molecule has 1 aliphatic carbocycles. The zero-order chi connectivity index (χ0) is 26.4. The highest BCUT2D eigenvalue weighted by atomic mass is 19.3. The molecule has 0 radical (unpaired) electrons. The maximum atomic E-state index is 13.3. The number of alkyl halides is 3. The Morgan fingerprint density at radius 2 is 1.92 bits per heavy atom. The second kappa shape index (κ2) is 9.49. The van der Waals surface area contributed by atoms with E-state index >= 15 is 0 Å². The number of aromatic nitrogens is 3. The van der Waals surface area contributed by atoms with E-state index in [1.54, 1.807) is 33.9 Å². The molecular weight excluding hydrogens is 481 g/mol. The van der Waals surface area contributed by atoms with Crippen LogP contribution in [0.1, 0.15) is 43.2 Å². The van der Waals surface area contributed by atoms with Crippen LogP contribution in [0.15, 0.2) is 24.5 Å². The number of carbonyl (C=O) groups is 1. The number of aliphatic hydroxyl groups is 1. The lowest BCUT2D eigenvalue weighted by atomic mass is 10.0. The summed E-state index contributed by atoms with van der Waals surface area (Å²) in [5.41, 5.74) is 0.351. The van der Waals surface area contributed by atoms with Crippen molar-refractivity contribution in [3.63, 3.8) is 0 Å². The summed E-state index contributed by atoms with van der Waals surface area (Å²) < 4.78 is 57.0. The third-order valence-electron chi connectivity index (χ3n) is 6.01. The van der Waals surface area contributed by atoms with Crippen molar-refractivity contribution in [2.75, 3.05) is 7.11 Å². The second-order valence-corrected chi connectivity index (χ2v) is 9.19. The molecule has 2 heterocycles. The highest BCUT2D eigenvalue weighted by molar-refractivity contribution is 6.01. The number of nitrogens with one attached hydrogen (secondary N) is 1. The highest BCUT2D eigenvalue weighted by Crippen LogP contribution is 2.38. The first kappa shape index (κ1) is 25.5. The Hall–Kier alpha value is -3.54. The maximum Gasteiger partial charge on any atom is 0.387 e. The molecule has 1 fully saturated rings. The SMILES string of the molecule is COc1cc(-c2cnn3cc(O[C@@H](C)C(C)(C)O)c(C)nc23)cc(OC(F)F)c1C(=O)NC1C[C@@H]1F. The molecule has 1 saturated carbocycles. The molecule has 36 heavy (non-hydrogen) atoms. The zero-order valence-electron chi connectivity index (χ0n) is 20.4. The van der Waals surface area contributed by atoms with E-state index in [-0.39, 0.29) is 17.7 Å². The Kier molecular flexibility index (Phi) is 6.74. The van der Waals surface area contributed by atoms with Crippen molar-refractivity contribution in [3.8, 4) is 28.4 Å². The molecule has 1 amide bonds. The fourth-order valence-electron chi connectivity index (χ4n) is 3.51. The fourth-order valence-corrected chi connectivity index (χ4v) is 3.51. The van der Waals surface area contributed by atoms with Crippen LogP contribution in [0.25, 0.3) is 16.8 Å². The average Bonchev–Trinajstić information content (AvgIpc) is 3.32. The number of ether oxygens (including phenoxy) is 3.